The monoisotopic (exact) mass is 232 g/mol. The predicted molar refractivity (Wildman–Crippen MR) is 72.1 cm³/mol. The number of hydrogen-bond acceptors (Lipinski definition) is 1. The zero-order chi connectivity index (χ0) is 12.1. The Kier molecular flexibility index (Phi) is 4.61. The summed E-state index contributed by atoms with van der Waals surface area (Å²) in [5, 5.41) is 0. The zero-order valence-electron chi connectivity index (χ0n) is 11.1. The smallest absolute Gasteiger partial charge is 0.0825 e. The van der Waals surface area contributed by atoms with Crippen molar-refractivity contribution in [3.05, 3.63) is 35.4 Å². The van der Waals surface area contributed by atoms with Gasteiger partial charge < -0.3 is 4.74 Å². The van der Waals surface area contributed by atoms with Crippen molar-refractivity contribution < 1.29 is 4.74 Å². The highest BCUT2D eigenvalue weighted by Gasteiger charge is 2.22. The maximum absolute atomic E-state index is 6.00. The third-order valence-electron chi connectivity index (χ3n) is 3.83. The SMILES string of the molecule is CCCC1CCC(c2ccc(CC)cc2)OC1. The first-order chi connectivity index (χ1) is 8.33. The fourth-order valence-electron chi connectivity index (χ4n) is 2.67. The molecule has 0 aliphatic carbocycles. The van der Waals surface area contributed by atoms with E-state index in [1.165, 1.54) is 36.8 Å². The molecule has 17 heavy (non-hydrogen) atoms. The molecule has 0 saturated carbocycles. The summed E-state index contributed by atoms with van der Waals surface area (Å²) in [6, 6.07) is 8.95. The van der Waals surface area contributed by atoms with Crippen LogP contribution in [-0.2, 0) is 11.2 Å². The van der Waals surface area contributed by atoms with E-state index in [2.05, 4.69) is 38.1 Å². The van der Waals surface area contributed by atoms with Crippen LogP contribution in [0, 0.1) is 5.92 Å². The zero-order valence-corrected chi connectivity index (χ0v) is 11.1. The Balaban J connectivity index is 1.91. The van der Waals surface area contributed by atoms with Crippen molar-refractivity contribution >= 4 is 0 Å². The van der Waals surface area contributed by atoms with Gasteiger partial charge in [0.2, 0.25) is 0 Å². The average Bonchev–Trinajstić information content (AvgIpc) is 2.40. The summed E-state index contributed by atoms with van der Waals surface area (Å²) >= 11 is 0. The fraction of sp³-hybridized carbons (Fsp3) is 0.625. The molecule has 0 amide bonds. The number of ether oxygens (including phenoxy) is 1. The fourth-order valence-corrected chi connectivity index (χ4v) is 2.67. The van der Waals surface area contributed by atoms with Crippen LogP contribution < -0.4 is 0 Å². The lowest BCUT2D eigenvalue weighted by molar-refractivity contribution is -0.0194. The molecule has 0 radical (unpaired) electrons. The molecule has 1 fully saturated rings. The van der Waals surface area contributed by atoms with Crippen molar-refractivity contribution in [3.8, 4) is 0 Å². The lowest BCUT2D eigenvalue weighted by Crippen LogP contribution is -2.20. The Labute approximate surface area is 105 Å². The quantitative estimate of drug-likeness (QED) is 0.741. The summed E-state index contributed by atoms with van der Waals surface area (Å²) in [4.78, 5) is 0. The van der Waals surface area contributed by atoms with Crippen LogP contribution in [0.5, 0.6) is 0 Å². The van der Waals surface area contributed by atoms with Gasteiger partial charge in [-0.3, -0.25) is 0 Å². The van der Waals surface area contributed by atoms with Crippen molar-refractivity contribution in [3.63, 3.8) is 0 Å². The number of rotatable bonds is 4. The van der Waals surface area contributed by atoms with E-state index in [1.807, 2.05) is 0 Å². The Morgan fingerprint density at radius 2 is 1.88 bits per heavy atom. The van der Waals surface area contributed by atoms with E-state index in [-0.39, 0.29) is 0 Å². The minimum absolute atomic E-state index is 0.342. The predicted octanol–water partition coefficient (Wildman–Crippen LogP) is 4.52. The lowest BCUT2D eigenvalue weighted by atomic mass is 9.91. The second-order valence-corrected chi connectivity index (χ2v) is 5.15. The molecule has 1 aliphatic rings. The van der Waals surface area contributed by atoms with E-state index < -0.39 is 0 Å². The molecule has 1 aromatic carbocycles. The lowest BCUT2D eigenvalue weighted by Gasteiger charge is -2.29. The molecule has 1 aromatic rings. The molecule has 0 spiro atoms. The molecule has 0 aromatic heterocycles. The highest BCUT2D eigenvalue weighted by atomic mass is 16.5. The molecule has 1 aliphatic heterocycles. The molecule has 1 heterocycles. The molecule has 1 heteroatoms. The maximum atomic E-state index is 6.00. The van der Waals surface area contributed by atoms with Crippen molar-refractivity contribution in [1.29, 1.82) is 0 Å². The van der Waals surface area contributed by atoms with Crippen LogP contribution in [0.4, 0.5) is 0 Å². The van der Waals surface area contributed by atoms with Crippen molar-refractivity contribution in [1.82, 2.24) is 0 Å². The van der Waals surface area contributed by atoms with Gasteiger partial charge in [0, 0.05) is 0 Å². The van der Waals surface area contributed by atoms with Crippen LogP contribution in [0.1, 0.15) is 56.8 Å². The van der Waals surface area contributed by atoms with Crippen LogP contribution >= 0.6 is 0 Å². The maximum Gasteiger partial charge on any atom is 0.0825 e. The van der Waals surface area contributed by atoms with Gasteiger partial charge in [0.15, 0.2) is 0 Å². The van der Waals surface area contributed by atoms with Gasteiger partial charge in [-0.15, -0.1) is 0 Å². The van der Waals surface area contributed by atoms with E-state index in [1.54, 1.807) is 0 Å². The summed E-state index contributed by atoms with van der Waals surface area (Å²) in [6.45, 7) is 5.41. The third-order valence-corrected chi connectivity index (χ3v) is 3.83. The standard InChI is InChI=1S/C16H24O/c1-3-5-14-8-11-16(17-12-14)15-9-6-13(4-2)7-10-15/h6-7,9-10,14,16H,3-5,8,11-12H2,1-2H3. The number of benzene rings is 1. The number of hydrogen-bond donors (Lipinski definition) is 0. The summed E-state index contributed by atoms with van der Waals surface area (Å²) in [7, 11) is 0. The molecule has 2 atom stereocenters. The molecule has 1 saturated heterocycles. The van der Waals surface area contributed by atoms with Gasteiger partial charge in [-0.1, -0.05) is 44.5 Å². The molecule has 1 nitrogen and oxygen atoms in total. The van der Waals surface area contributed by atoms with E-state index >= 15 is 0 Å². The molecule has 0 N–H and O–H groups in total. The Morgan fingerprint density at radius 1 is 1.12 bits per heavy atom. The highest BCUT2D eigenvalue weighted by Crippen LogP contribution is 2.32. The summed E-state index contributed by atoms with van der Waals surface area (Å²) in [5.41, 5.74) is 2.77. The first kappa shape index (κ1) is 12.6. The van der Waals surface area contributed by atoms with E-state index in [4.69, 9.17) is 4.74 Å². The minimum atomic E-state index is 0.342. The van der Waals surface area contributed by atoms with Crippen LogP contribution in [0.15, 0.2) is 24.3 Å². The van der Waals surface area contributed by atoms with Gasteiger partial charge in [0.1, 0.15) is 0 Å². The van der Waals surface area contributed by atoms with E-state index in [0.717, 1.165) is 18.9 Å². The highest BCUT2D eigenvalue weighted by molar-refractivity contribution is 5.24. The van der Waals surface area contributed by atoms with Gasteiger partial charge in [-0.25, -0.2) is 0 Å². The van der Waals surface area contributed by atoms with Crippen LogP contribution in [0.2, 0.25) is 0 Å². The molecular weight excluding hydrogens is 208 g/mol. The summed E-state index contributed by atoms with van der Waals surface area (Å²) in [6.07, 6.45) is 6.58. The van der Waals surface area contributed by atoms with Crippen LogP contribution in [0.25, 0.3) is 0 Å². The molecule has 0 bridgehead atoms. The second kappa shape index (κ2) is 6.20. The van der Waals surface area contributed by atoms with Gasteiger partial charge in [-0.2, -0.15) is 0 Å². The number of aryl methyl sites for hydroxylation is 1. The largest absolute Gasteiger partial charge is 0.373 e. The minimum Gasteiger partial charge on any atom is -0.373 e. The Hall–Kier alpha value is -0.820. The van der Waals surface area contributed by atoms with Gasteiger partial charge >= 0.3 is 0 Å². The van der Waals surface area contributed by atoms with E-state index in [0.29, 0.717) is 6.10 Å². The molecule has 94 valence electrons. The van der Waals surface area contributed by atoms with Gasteiger partial charge in [-0.05, 0) is 42.7 Å². The third kappa shape index (κ3) is 3.32. The molecule has 2 unspecified atom stereocenters. The van der Waals surface area contributed by atoms with Crippen LogP contribution in [0.3, 0.4) is 0 Å². The summed E-state index contributed by atoms with van der Waals surface area (Å²) in [5.74, 6) is 0.797. The Morgan fingerprint density at radius 3 is 2.41 bits per heavy atom. The van der Waals surface area contributed by atoms with Crippen LogP contribution in [-0.4, -0.2) is 6.61 Å². The first-order valence-electron chi connectivity index (χ1n) is 7.04. The average molecular weight is 232 g/mol. The molecular formula is C16H24O. The van der Waals surface area contributed by atoms with E-state index in [9.17, 15) is 0 Å². The topological polar surface area (TPSA) is 9.23 Å². The van der Waals surface area contributed by atoms with Crippen molar-refractivity contribution in [2.45, 2.75) is 52.1 Å². The second-order valence-electron chi connectivity index (χ2n) is 5.15. The molecule has 2 rings (SSSR count). The van der Waals surface area contributed by atoms with Gasteiger partial charge in [0.25, 0.3) is 0 Å². The van der Waals surface area contributed by atoms with Crippen molar-refractivity contribution in [2.24, 2.45) is 5.92 Å². The van der Waals surface area contributed by atoms with Gasteiger partial charge in [0.05, 0.1) is 12.7 Å². The first-order valence-corrected chi connectivity index (χ1v) is 7.04. The summed E-state index contributed by atoms with van der Waals surface area (Å²) < 4.78 is 6.00. The Bertz CT molecular complexity index is 320. The normalized spacial score (nSPS) is 24.8. The van der Waals surface area contributed by atoms with Crippen molar-refractivity contribution in [2.75, 3.05) is 6.61 Å².